The van der Waals surface area contributed by atoms with Crippen molar-refractivity contribution in [3.8, 4) is 0 Å². The second-order valence-corrected chi connectivity index (χ2v) is 6.83. The lowest BCUT2D eigenvalue weighted by molar-refractivity contribution is 0.183. The van der Waals surface area contributed by atoms with Gasteiger partial charge in [-0.25, -0.2) is 4.98 Å². The number of likely N-dealkylation sites (tertiary alicyclic amines) is 1. The lowest BCUT2D eigenvalue weighted by Crippen LogP contribution is -2.33. The molecular weight excluding hydrogens is 318 g/mol. The summed E-state index contributed by atoms with van der Waals surface area (Å²) in [7, 11) is 3.97. The summed E-state index contributed by atoms with van der Waals surface area (Å²) in [6.45, 7) is 4.68. The molecule has 132 valence electrons. The Hall–Kier alpha value is -2.48. The molecule has 4 rings (SSSR count). The number of hydrogen-bond acceptors (Lipinski definition) is 7. The summed E-state index contributed by atoms with van der Waals surface area (Å²) in [5.74, 6) is 3.90. The Bertz CT molecular complexity index is 861. The minimum absolute atomic E-state index is 0.377. The van der Waals surface area contributed by atoms with E-state index in [0.717, 1.165) is 61.4 Å². The number of aryl methyl sites for hydroxylation is 1. The highest BCUT2D eigenvalue weighted by molar-refractivity contribution is 5.45. The Kier molecular flexibility index (Phi) is 4.12. The van der Waals surface area contributed by atoms with Gasteiger partial charge in [0.1, 0.15) is 11.6 Å². The van der Waals surface area contributed by atoms with Crippen LogP contribution in [-0.4, -0.2) is 56.9 Å². The van der Waals surface area contributed by atoms with Crippen molar-refractivity contribution in [3.05, 3.63) is 35.8 Å². The van der Waals surface area contributed by atoms with Crippen molar-refractivity contribution in [1.29, 1.82) is 0 Å². The third-order valence-electron chi connectivity index (χ3n) is 4.71. The molecule has 0 radical (unpaired) electrons. The minimum atomic E-state index is 0.377. The number of fused-ring (bicyclic) bond motifs is 1. The first kappa shape index (κ1) is 16.0. The summed E-state index contributed by atoms with van der Waals surface area (Å²) in [5.41, 5.74) is 0.804. The fraction of sp³-hybridized carbons (Fsp3) is 0.529. The monoisotopic (exact) mass is 341 g/mol. The average molecular weight is 341 g/mol. The van der Waals surface area contributed by atoms with E-state index in [1.807, 2.05) is 42.6 Å². The second-order valence-electron chi connectivity index (χ2n) is 6.83. The topological polar surface area (TPSA) is 75.6 Å². The normalized spacial score (nSPS) is 16.6. The molecule has 4 heterocycles. The van der Waals surface area contributed by atoms with Crippen LogP contribution in [0.1, 0.15) is 36.2 Å². The van der Waals surface area contributed by atoms with Crippen LogP contribution in [-0.2, 0) is 6.54 Å². The molecule has 0 spiro atoms. The van der Waals surface area contributed by atoms with Crippen molar-refractivity contribution >= 4 is 11.5 Å². The number of hydrogen-bond donors (Lipinski definition) is 0. The van der Waals surface area contributed by atoms with Gasteiger partial charge in [0.2, 0.25) is 5.89 Å². The van der Waals surface area contributed by atoms with Crippen molar-refractivity contribution < 1.29 is 4.42 Å². The number of oxazole rings is 1. The Balaban J connectivity index is 1.47. The number of anilines is 1. The first-order chi connectivity index (χ1) is 12.1. The molecule has 8 nitrogen and oxygen atoms in total. The number of nitrogens with zero attached hydrogens (tertiary/aromatic N) is 7. The van der Waals surface area contributed by atoms with Crippen molar-refractivity contribution in [2.45, 2.75) is 32.2 Å². The molecule has 1 aliphatic heterocycles. The molecule has 0 bridgehead atoms. The van der Waals surface area contributed by atoms with E-state index in [1.165, 1.54) is 0 Å². The van der Waals surface area contributed by atoms with Crippen LogP contribution in [0.15, 0.2) is 22.7 Å². The zero-order valence-corrected chi connectivity index (χ0v) is 14.9. The smallest absolute Gasteiger partial charge is 0.208 e. The summed E-state index contributed by atoms with van der Waals surface area (Å²) in [4.78, 5) is 8.67. The van der Waals surface area contributed by atoms with Crippen LogP contribution in [0.5, 0.6) is 0 Å². The molecule has 0 N–H and O–H groups in total. The molecular formula is C17H23N7O. The molecule has 0 saturated carbocycles. The number of piperidine rings is 1. The molecule has 8 heteroatoms. The zero-order chi connectivity index (χ0) is 17.4. The lowest BCUT2D eigenvalue weighted by atomic mass is 9.96. The van der Waals surface area contributed by atoms with Crippen molar-refractivity contribution in [2.75, 3.05) is 32.1 Å². The number of aromatic nitrogens is 5. The summed E-state index contributed by atoms with van der Waals surface area (Å²) >= 11 is 0. The molecule has 0 aliphatic carbocycles. The summed E-state index contributed by atoms with van der Waals surface area (Å²) in [6.07, 6.45) is 3.85. The first-order valence-corrected chi connectivity index (χ1v) is 8.63. The van der Waals surface area contributed by atoms with Gasteiger partial charge in [0, 0.05) is 20.0 Å². The highest BCUT2D eigenvalue weighted by Crippen LogP contribution is 2.27. The molecule has 3 aromatic heterocycles. The van der Waals surface area contributed by atoms with Crippen LogP contribution < -0.4 is 4.90 Å². The molecule has 1 aliphatic rings. The van der Waals surface area contributed by atoms with Gasteiger partial charge in [-0.3, -0.25) is 4.90 Å². The predicted octanol–water partition coefficient (Wildman–Crippen LogP) is 1.87. The fourth-order valence-electron chi connectivity index (χ4n) is 3.30. The van der Waals surface area contributed by atoms with E-state index in [0.29, 0.717) is 5.92 Å². The Labute approximate surface area is 146 Å². The predicted molar refractivity (Wildman–Crippen MR) is 93.6 cm³/mol. The summed E-state index contributed by atoms with van der Waals surface area (Å²) in [5, 5.41) is 13.4. The SMILES string of the molecule is Cc1cnc(CN2CCC(c3nnc4ccc(N(C)C)nn34)CC2)o1. The van der Waals surface area contributed by atoms with E-state index in [-0.39, 0.29) is 0 Å². The second kappa shape index (κ2) is 6.44. The summed E-state index contributed by atoms with van der Waals surface area (Å²) in [6, 6.07) is 3.94. The van der Waals surface area contributed by atoms with E-state index < -0.39 is 0 Å². The molecule has 0 aromatic carbocycles. The van der Waals surface area contributed by atoms with Crippen molar-refractivity contribution in [2.24, 2.45) is 0 Å². The van der Waals surface area contributed by atoms with Crippen LogP contribution in [0.4, 0.5) is 5.82 Å². The maximum absolute atomic E-state index is 5.58. The van der Waals surface area contributed by atoms with Gasteiger partial charge in [-0.05, 0) is 45.0 Å². The van der Waals surface area contributed by atoms with Crippen LogP contribution >= 0.6 is 0 Å². The van der Waals surface area contributed by atoms with Gasteiger partial charge in [-0.2, -0.15) is 4.52 Å². The third-order valence-corrected chi connectivity index (χ3v) is 4.71. The van der Waals surface area contributed by atoms with Crippen molar-refractivity contribution in [3.63, 3.8) is 0 Å². The van der Waals surface area contributed by atoms with Gasteiger partial charge in [0.15, 0.2) is 11.5 Å². The van der Waals surface area contributed by atoms with Crippen LogP contribution in [0.2, 0.25) is 0 Å². The average Bonchev–Trinajstić information content (AvgIpc) is 3.21. The van der Waals surface area contributed by atoms with Gasteiger partial charge in [0.25, 0.3) is 0 Å². The highest BCUT2D eigenvalue weighted by Gasteiger charge is 2.26. The molecule has 1 saturated heterocycles. The molecule has 1 fully saturated rings. The maximum atomic E-state index is 5.58. The fourth-order valence-corrected chi connectivity index (χ4v) is 3.30. The van der Waals surface area contributed by atoms with E-state index in [2.05, 4.69) is 25.2 Å². The van der Waals surface area contributed by atoms with Crippen LogP contribution in [0.3, 0.4) is 0 Å². The molecule has 25 heavy (non-hydrogen) atoms. The van der Waals surface area contributed by atoms with Gasteiger partial charge >= 0.3 is 0 Å². The van der Waals surface area contributed by atoms with Crippen molar-refractivity contribution in [1.82, 2.24) is 29.7 Å². The van der Waals surface area contributed by atoms with Gasteiger partial charge in [-0.1, -0.05) is 0 Å². The van der Waals surface area contributed by atoms with Gasteiger partial charge in [0.05, 0.1) is 12.7 Å². The molecule has 0 amide bonds. The maximum Gasteiger partial charge on any atom is 0.208 e. The Morgan fingerprint density at radius 3 is 2.68 bits per heavy atom. The van der Waals surface area contributed by atoms with E-state index in [4.69, 9.17) is 4.42 Å². The zero-order valence-electron chi connectivity index (χ0n) is 14.9. The highest BCUT2D eigenvalue weighted by atomic mass is 16.4. The van der Waals surface area contributed by atoms with Crippen LogP contribution in [0.25, 0.3) is 5.65 Å². The standard InChI is InChI=1S/C17H23N7O/c1-12-10-18-16(25-12)11-23-8-6-13(7-9-23)17-20-19-14-4-5-15(22(2)3)21-24(14)17/h4-5,10,13H,6-9,11H2,1-3H3. The lowest BCUT2D eigenvalue weighted by Gasteiger charge is -2.30. The molecule has 3 aromatic rings. The Morgan fingerprint density at radius 2 is 2.00 bits per heavy atom. The van der Waals surface area contributed by atoms with Gasteiger partial charge < -0.3 is 9.32 Å². The third kappa shape index (κ3) is 3.21. The summed E-state index contributed by atoms with van der Waals surface area (Å²) < 4.78 is 7.48. The molecule has 0 atom stereocenters. The first-order valence-electron chi connectivity index (χ1n) is 8.63. The quantitative estimate of drug-likeness (QED) is 0.717. The largest absolute Gasteiger partial charge is 0.445 e. The number of rotatable bonds is 4. The van der Waals surface area contributed by atoms with E-state index in [9.17, 15) is 0 Å². The molecule has 0 unspecified atom stereocenters. The Morgan fingerprint density at radius 1 is 1.20 bits per heavy atom. The van der Waals surface area contributed by atoms with E-state index >= 15 is 0 Å². The van der Waals surface area contributed by atoms with E-state index in [1.54, 1.807) is 6.20 Å². The van der Waals surface area contributed by atoms with Crippen LogP contribution in [0, 0.1) is 6.92 Å². The van der Waals surface area contributed by atoms with Gasteiger partial charge in [-0.15, -0.1) is 15.3 Å². The minimum Gasteiger partial charge on any atom is -0.445 e.